The van der Waals surface area contributed by atoms with Gasteiger partial charge in [-0.3, -0.25) is 0 Å². The van der Waals surface area contributed by atoms with Crippen LogP contribution in [0.2, 0.25) is 0 Å². The zero-order valence-electron chi connectivity index (χ0n) is 7.84. The maximum atomic E-state index is 5.26. The van der Waals surface area contributed by atoms with Crippen molar-refractivity contribution in [3.8, 4) is 0 Å². The standard InChI is InChI=1S/C9H19NO2/c1-3-5-10-6-7-12-9-8-11-4-2/h3,10H,1,4-9H2,2H3. The van der Waals surface area contributed by atoms with Gasteiger partial charge in [0.25, 0.3) is 0 Å². The summed E-state index contributed by atoms with van der Waals surface area (Å²) in [6, 6.07) is 0. The summed E-state index contributed by atoms with van der Waals surface area (Å²) in [6.07, 6.45) is 1.83. The minimum atomic E-state index is 0.684. The van der Waals surface area contributed by atoms with Crippen LogP contribution in [-0.2, 0) is 9.47 Å². The molecular formula is C9H19NO2. The highest BCUT2D eigenvalue weighted by Crippen LogP contribution is 1.76. The maximum Gasteiger partial charge on any atom is 0.0701 e. The van der Waals surface area contributed by atoms with E-state index in [0.717, 1.165) is 26.3 Å². The molecule has 0 aromatic heterocycles. The number of hydrogen-bond donors (Lipinski definition) is 1. The maximum absolute atomic E-state index is 5.26. The lowest BCUT2D eigenvalue weighted by atomic mass is 10.6. The molecule has 0 amide bonds. The van der Waals surface area contributed by atoms with Crippen LogP contribution in [0.1, 0.15) is 6.92 Å². The quantitative estimate of drug-likeness (QED) is 0.413. The molecule has 0 fully saturated rings. The Morgan fingerprint density at radius 1 is 1.25 bits per heavy atom. The molecule has 0 unspecified atom stereocenters. The van der Waals surface area contributed by atoms with Crippen LogP contribution in [0.4, 0.5) is 0 Å². The van der Waals surface area contributed by atoms with Crippen LogP contribution in [0.15, 0.2) is 12.7 Å². The molecule has 3 heteroatoms. The van der Waals surface area contributed by atoms with E-state index in [1.165, 1.54) is 0 Å². The third kappa shape index (κ3) is 9.62. The molecule has 0 aromatic rings. The molecule has 3 nitrogen and oxygen atoms in total. The van der Waals surface area contributed by atoms with Gasteiger partial charge in [0.2, 0.25) is 0 Å². The SMILES string of the molecule is C=CCNCCOCCOCC. The highest BCUT2D eigenvalue weighted by Gasteiger charge is 1.87. The van der Waals surface area contributed by atoms with E-state index >= 15 is 0 Å². The summed E-state index contributed by atoms with van der Waals surface area (Å²) in [4.78, 5) is 0. The Balaban J connectivity index is 2.77. The molecule has 72 valence electrons. The van der Waals surface area contributed by atoms with Gasteiger partial charge in [-0.1, -0.05) is 6.08 Å². The summed E-state index contributed by atoms with van der Waals surface area (Å²) < 4.78 is 10.4. The minimum absolute atomic E-state index is 0.684. The van der Waals surface area contributed by atoms with Crippen LogP contribution >= 0.6 is 0 Å². The second-order valence-electron chi connectivity index (χ2n) is 2.30. The summed E-state index contributed by atoms with van der Waals surface area (Å²) in [5.41, 5.74) is 0. The summed E-state index contributed by atoms with van der Waals surface area (Å²) in [5, 5.41) is 3.14. The van der Waals surface area contributed by atoms with Gasteiger partial charge in [-0.15, -0.1) is 6.58 Å². The molecule has 0 bridgehead atoms. The predicted molar refractivity (Wildman–Crippen MR) is 50.4 cm³/mol. The van der Waals surface area contributed by atoms with Crippen LogP contribution in [0.5, 0.6) is 0 Å². The Hall–Kier alpha value is -0.380. The van der Waals surface area contributed by atoms with Crippen molar-refractivity contribution in [1.29, 1.82) is 0 Å². The van der Waals surface area contributed by atoms with Gasteiger partial charge < -0.3 is 14.8 Å². The smallest absolute Gasteiger partial charge is 0.0701 e. The fraction of sp³-hybridized carbons (Fsp3) is 0.778. The molecular weight excluding hydrogens is 154 g/mol. The van der Waals surface area contributed by atoms with Gasteiger partial charge in [0.15, 0.2) is 0 Å². The van der Waals surface area contributed by atoms with E-state index in [-0.39, 0.29) is 0 Å². The first kappa shape index (κ1) is 11.6. The molecule has 0 radical (unpaired) electrons. The van der Waals surface area contributed by atoms with Crippen molar-refractivity contribution >= 4 is 0 Å². The van der Waals surface area contributed by atoms with Crippen LogP contribution < -0.4 is 5.32 Å². The Kier molecular flexibility index (Phi) is 10.3. The first-order chi connectivity index (χ1) is 5.91. The van der Waals surface area contributed by atoms with Crippen molar-refractivity contribution in [2.45, 2.75) is 6.92 Å². The lowest BCUT2D eigenvalue weighted by Gasteiger charge is -2.04. The van der Waals surface area contributed by atoms with E-state index in [1.807, 2.05) is 13.0 Å². The second-order valence-corrected chi connectivity index (χ2v) is 2.30. The third-order valence-corrected chi connectivity index (χ3v) is 1.29. The average Bonchev–Trinajstić information content (AvgIpc) is 2.10. The molecule has 0 saturated heterocycles. The lowest BCUT2D eigenvalue weighted by molar-refractivity contribution is 0.0542. The van der Waals surface area contributed by atoms with Crippen molar-refractivity contribution < 1.29 is 9.47 Å². The van der Waals surface area contributed by atoms with Crippen molar-refractivity contribution in [3.63, 3.8) is 0 Å². The van der Waals surface area contributed by atoms with E-state index in [4.69, 9.17) is 9.47 Å². The monoisotopic (exact) mass is 173 g/mol. The molecule has 0 aliphatic carbocycles. The molecule has 0 heterocycles. The predicted octanol–water partition coefficient (Wildman–Crippen LogP) is 0.815. The van der Waals surface area contributed by atoms with Crippen LogP contribution in [0.3, 0.4) is 0 Å². The van der Waals surface area contributed by atoms with E-state index in [1.54, 1.807) is 0 Å². The Bertz CT molecular complexity index is 96.5. The van der Waals surface area contributed by atoms with Crippen molar-refractivity contribution in [2.24, 2.45) is 0 Å². The van der Waals surface area contributed by atoms with Crippen molar-refractivity contribution in [2.75, 3.05) is 39.5 Å². The highest BCUT2D eigenvalue weighted by atomic mass is 16.5. The van der Waals surface area contributed by atoms with E-state index in [2.05, 4.69) is 11.9 Å². The molecule has 0 saturated carbocycles. The molecule has 0 aromatic carbocycles. The van der Waals surface area contributed by atoms with Crippen LogP contribution in [-0.4, -0.2) is 39.5 Å². The third-order valence-electron chi connectivity index (χ3n) is 1.29. The zero-order valence-corrected chi connectivity index (χ0v) is 7.84. The van der Waals surface area contributed by atoms with Crippen LogP contribution in [0, 0.1) is 0 Å². The molecule has 0 atom stereocenters. The molecule has 0 spiro atoms. The first-order valence-electron chi connectivity index (χ1n) is 4.39. The summed E-state index contributed by atoms with van der Waals surface area (Å²) in [7, 11) is 0. The average molecular weight is 173 g/mol. The van der Waals surface area contributed by atoms with Gasteiger partial charge in [-0.25, -0.2) is 0 Å². The fourth-order valence-corrected chi connectivity index (χ4v) is 0.713. The van der Waals surface area contributed by atoms with Crippen molar-refractivity contribution in [3.05, 3.63) is 12.7 Å². The van der Waals surface area contributed by atoms with Gasteiger partial charge >= 0.3 is 0 Å². The first-order valence-corrected chi connectivity index (χ1v) is 4.39. The van der Waals surface area contributed by atoms with E-state index < -0.39 is 0 Å². The summed E-state index contributed by atoms with van der Waals surface area (Å²) >= 11 is 0. The van der Waals surface area contributed by atoms with Gasteiger partial charge in [0, 0.05) is 19.7 Å². The van der Waals surface area contributed by atoms with Gasteiger partial charge in [0.1, 0.15) is 0 Å². The molecule has 0 aliphatic heterocycles. The second kappa shape index (κ2) is 10.6. The van der Waals surface area contributed by atoms with Crippen molar-refractivity contribution in [1.82, 2.24) is 5.32 Å². The summed E-state index contributed by atoms with van der Waals surface area (Å²) in [5.74, 6) is 0. The Morgan fingerprint density at radius 3 is 2.67 bits per heavy atom. The number of rotatable bonds is 9. The zero-order chi connectivity index (χ0) is 9.07. The molecule has 12 heavy (non-hydrogen) atoms. The fourth-order valence-electron chi connectivity index (χ4n) is 0.713. The highest BCUT2D eigenvalue weighted by molar-refractivity contribution is 4.68. The normalized spacial score (nSPS) is 10.1. The number of nitrogens with one attached hydrogen (secondary N) is 1. The topological polar surface area (TPSA) is 30.5 Å². The lowest BCUT2D eigenvalue weighted by Crippen LogP contribution is -2.20. The molecule has 0 aliphatic rings. The van der Waals surface area contributed by atoms with Gasteiger partial charge in [-0.2, -0.15) is 0 Å². The Morgan fingerprint density at radius 2 is 2.00 bits per heavy atom. The van der Waals surface area contributed by atoms with E-state index in [0.29, 0.717) is 13.2 Å². The number of hydrogen-bond acceptors (Lipinski definition) is 3. The van der Waals surface area contributed by atoms with Crippen LogP contribution in [0.25, 0.3) is 0 Å². The number of ether oxygens (including phenoxy) is 2. The summed E-state index contributed by atoms with van der Waals surface area (Å²) in [6.45, 7) is 10.2. The van der Waals surface area contributed by atoms with Gasteiger partial charge in [0.05, 0.1) is 19.8 Å². The van der Waals surface area contributed by atoms with E-state index in [9.17, 15) is 0 Å². The molecule has 0 rings (SSSR count). The molecule has 1 N–H and O–H groups in total. The van der Waals surface area contributed by atoms with Gasteiger partial charge in [-0.05, 0) is 6.92 Å². The minimum Gasteiger partial charge on any atom is -0.379 e. The Labute approximate surface area is 74.7 Å². The largest absolute Gasteiger partial charge is 0.379 e.